The summed E-state index contributed by atoms with van der Waals surface area (Å²) in [5.41, 5.74) is 16.8. The first-order valence-corrected chi connectivity index (χ1v) is 11.5. The maximum absolute atomic E-state index is 13.2. The van der Waals surface area contributed by atoms with Crippen molar-refractivity contribution in [3.63, 3.8) is 0 Å². The number of hydrogen-bond acceptors (Lipinski definition) is 5. The fourth-order valence-electron chi connectivity index (χ4n) is 2.96. The zero-order valence-corrected chi connectivity index (χ0v) is 18.6. The Balaban J connectivity index is 2.19. The van der Waals surface area contributed by atoms with E-state index < -0.39 is 39.7 Å². The van der Waals surface area contributed by atoms with E-state index in [2.05, 4.69) is 15.0 Å². The van der Waals surface area contributed by atoms with Gasteiger partial charge in [0.15, 0.2) is 5.96 Å². The summed E-state index contributed by atoms with van der Waals surface area (Å²) in [6, 6.07) is 10.7. The van der Waals surface area contributed by atoms with Gasteiger partial charge >= 0.3 is 0 Å². The van der Waals surface area contributed by atoms with E-state index in [1.165, 1.54) is 0 Å². The molecule has 0 saturated carbocycles. The van der Waals surface area contributed by atoms with Crippen LogP contribution in [0, 0.1) is 5.82 Å². The minimum atomic E-state index is -4.17. The Hall–Kier alpha value is -3.51. The molecule has 12 heteroatoms. The molecule has 2 rings (SSSR count). The van der Waals surface area contributed by atoms with Gasteiger partial charge in [0.2, 0.25) is 21.8 Å². The lowest BCUT2D eigenvalue weighted by Crippen LogP contribution is -2.53. The van der Waals surface area contributed by atoms with Gasteiger partial charge in [0.05, 0.1) is 4.90 Å². The molecule has 0 bridgehead atoms. The predicted octanol–water partition coefficient (Wildman–Crippen LogP) is -0.261. The Bertz CT molecular complexity index is 1070. The molecular weight excluding hydrogens is 451 g/mol. The third-order valence-electron chi connectivity index (χ3n) is 4.63. The highest BCUT2D eigenvalue weighted by Crippen LogP contribution is 2.12. The van der Waals surface area contributed by atoms with Crippen molar-refractivity contribution in [1.29, 1.82) is 0 Å². The third-order valence-corrected chi connectivity index (χ3v) is 6.11. The summed E-state index contributed by atoms with van der Waals surface area (Å²) in [5, 5.41) is 2.51. The number of sulfonamides is 1. The van der Waals surface area contributed by atoms with Gasteiger partial charge in [0.25, 0.3) is 0 Å². The van der Waals surface area contributed by atoms with Crippen LogP contribution in [0.1, 0.15) is 18.4 Å². The van der Waals surface area contributed by atoms with E-state index in [4.69, 9.17) is 17.2 Å². The molecule has 10 nitrogen and oxygen atoms in total. The lowest BCUT2D eigenvalue weighted by atomic mass is 10.0. The van der Waals surface area contributed by atoms with Crippen LogP contribution in [0.3, 0.4) is 0 Å². The summed E-state index contributed by atoms with van der Waals surface area (Å²) in [7, 11) is -4.17. The van der Waals surface area contributed by atoms with Crippen LogP contribution in [0.4, 0.5) is 4.39 Å². The summed E-state index contributed by atoms with van der Waals surface area (Å²) >= 11 is 0. The molecule has 0 aliphatic rings. The Kier molecular flexibility index (Phi) is 9.30. The van der Waals surface area contributed by atoms with E-state index in [1.807, 2.05) is 0 Å². The predicted molar refractivity (Wildman–Crippen MR) is 122 cm³/mol. The van der Waals surface area contributed by atoms with Crippen molar-refractivity contribution < 1.29 is 22.4 Å². The summed E-state index contributed by atoms with van der Waals surface area (Å²) in [4.78, 5) is 28.5. The van der Waals surface area contributed by atoms with Crippen LogP contribution < -0.4 is 27.2 Å². The normalized spacial score (nSPS) is 13.0. The van der Waals surface area contributed by atoms with Crippen LogP contribution in [0.15, 0.2) is 64.5 Å². The summed E-state index contributed by atoms with van der Waals surface area (Å²) in [6.45, 7) is 0.160. The molecule has 0 aromatic heterocycles. The Labute approximate surface area is 191 Å². The van der Waals surface area contributed by atoms with Crippen LogP contribution in [-0.4, -0.2) is 44.8 Å². The molecule has 0 fully saturated rings. The van der Waals surface area contributed by atoms with Gasteiger partial charge in [-0.15, -0.1) is 0 Å². The van der Waals surface area contributed by atoms with Crippen LogP contribution in [0.5, 0.6) is 0 Å². The molecule has 0 saturated heterocycles. The van der Waals surface area contributed by atoms with E-state index in [1.54, 1.807) is 30.3 Å². The molecule has 2 aromatic rings. The van der Waals surface area contributed by atoms with E-state index in [0.717, 1.165) is 29.8 Å². The van der Waals surface area contributed by atoms with E-state index in [9.17, 15) is 22.4 Å². The molecule has 2 atom stereocenters. The van der Waals surface area contributed by atoms with Gasteiger partial charge in [-0.05, 0) is 42.7 Å². The van der Waals surface area contributed by atoms with Gasteiger partial charge in [-0.25, -0.2) is 12.8 Å². The van der Waals surface area contributed by atoms with E-state index in [-0.39, 0.29) is 36.7 Å². The standard InChI is InChI=1S/C21H27FN6O4S/c22-15-8-10-16(11-9-15)33(31,32)28-17(7-4-12-26-21(24)25)20(30)27-18(19(23)29)13-14-5-2-1-3-6-14/h1-3,5-6,8-11,17-18,28H,4,7,12-13H2,(H2,23,29)(H,27,30)(H4,24,25,26)/t17?,18-/m0/s1. The molecule has 0 radical (unpaired) electrons. The molecule has 2 aromatic carbocycles. The molecule has 178 valence electrons. The van der Waals surface area contributed by atoms with Crippen LogP contribution in [0.2, 0.25) is 0 Å². The monoisotopic (exact) mass is 478 g/mol. The van der Waals surface area contributed by atoms with E-state index >= 15 is 0 Å². The Morgan fingerprint density at radius 3 is 2.18 bits per heavy atom. The summed E-state index contributed by atoms with van der Waals surface area (Å²) < 4.78 is 41.0. The molecule has 33 heavy (non-hydrogen) atoms. The van der Waals surface area contributed by atoms with Gasteiger partial charge in [-0.3, -0.25) is 14.6 Å². The third kappa shape index (κ3) is 8.50. The van der Waals surface area contributed by atoms with Crippen LogP contribution in [0.25, 0.3) is 0 Å². The van der Waals surface area contributed by atoms with Crippen molar-refractivity contribution >= 4 is 27.8 Å². The lowest BCUT2D eigenvalue weighted by molar-refractivity contribution is -0.128. The molecule has 8 N–H and O–H groups in total. The number of carbonyl (C=O) groups excluding carboxylic acids is 2. The molecule has 0 aliphatic carbocycles. The van der Waals surface area contributed by atoms with Crippen LogP contribution >= 0.6 is 0 Å². The Morgan fingerprint density at radius 2 is 1.61 bits per heavy atom. The SMILES string of the molecule is NC(=O)[C@H](Cc1ccccc1)NC(=O)C(CCCN=C(N)N)NS(=O)(=O)c1ccc(F)cc1. The fraction of sp³-hybridized carbons (Fsp3) is 0.286. The number of halogens is 1. The molecule has 0 aliphatic heterocycles. The smallest absolute Gasteiger partial charge is 0.241 e. The lowest BCUT2D eigenvalue weighted by Gasteiger charge is -2.22. The van der Waals surface area contributed by atoms with Gasteiger partial charge in [-0.1, -0.05) is 30.3 Å². The van der Waals surface area contributed by atoms with Crippen molar-refractivity contribution in [1.82, 2.24) is 10.0 Å². The van der Waals surface area contributed by atoms with Crippen LogP contribution in [-0.2, 0) is 26.0 Å². The topological polar surface area (TPSA) is 183 Å². The number of amides is 2. The van der Waals surface area contributed by atoms with Crippen molar-refractivity contribution in [2.75, 3.05) is 6.54 Å². The first-order valence-electron chi connectivity index (χ1n) is 10.1. The maximum atomic E-state index is 13.2. The minimum absolute atomic E-state index is 0.0276. The highest BCUT2D eigenvalue weighted by atomic mass is 32.2. The molecule has 0 spiro atoms. The molecular formula is C21H27FN6O4S. The number of nitrogens with one attached hydrogen (secondary N) is 2. The molecule has 2 amide bonds. The van der Waals surface area contributed by atoms with Gasteiger partial charge in [-0.2, -0.15) is 4.72 Å². The summed E-state index contributed by atoms with van der Waals surface area (Å²) in [5.74, 6) is -2.26. The second-order valence-electron chi connectivity index (χ2n) is 7.23. The van der Waals surface area contributed by atoms with Gasteiger partial charge in [0.1, 0.15) is 17.9 Å². The number of guanidine groups is 1. The van der Waals surface area contributed by atoms with Gasteiger partial charge < -0.3 is 22.5 Å². The second kappa shape index (κ2) is 11.9. The fourth-order valence-corrected chi connectivity index (χ4v) is 4.19. The first-order chi connectivity index (χ1) is 15.6. The second-order valence-corrected chi connectivity index (χ2v) is 8.94. The summed E-state index contributed by atoms with van der Waals surface area (Å²) in [6.07, 6.45) is 0.426. The number of carbonyl (C=O) groups is 2. The average Bonchev–Trinajstić information content (AvgIpc) is 2.76. The highest BCUT2D eigenvalue weighted by molar-refractivity contribution is 7.89. The number of benzene rings is 2. The number of hydrogen-bond donors (Lipinski definition) is 5. The zero-order chi connectivity index (χ0) is 24.4. The largest absolute Gasteiger partial charge is 0.370 e. The number of nitrogens with zero attached hydrogens (tertiary/aromatic N) is 1. The minimum Gasteiger partial charge on any atom is -0.370 e. The molecule has 0 heterocycles. The van der Waals surface area contributed by atoms with Gasteiger partial charge in [0, 0.05) is 13.0 Å². The zero-order valence-electron chi connectivity index (χ0n) is 17.8. The van der Waals surface area contributed by atoms with Crippen molar-refractivity contribution in [3.05, 3.63) is 66.0 Å². The first kappa shape index (κ1) is 25.7. The van der Waals surface area contributed by atoms with Crippen molar-refractivity contribution in [3.8, 4) is 0 Å². The quantitative estimate of drug-likeness (QED) is 0.159. The highest BCUT2D eigenvalue weighted by Gasteiger charge is 2.28. The number of rotatable bonds is 12. The maximum Gasteiger partial charge on any atom is 0.241 e. The average molecular weight is 479 g/mol. The number of aliphatic imine (C=N–C) groups is 1. The number of nitrogens with two attached hydrogens (primary N) is 3. The van der Waals surface area contributed by atoms with Crippen molar-refractivity contribution in [2.45, 2.75) is 36.2 Å². The molecule has 1 unspecified atom stereocenters. The van der Waals surface area contributed by atoms with Crippen molar-refractivity contribution in [2.24, 2.45) is 22.2 Å². The Morgan fingerprint density at radius 1 is 0.970 bits per heavy atom. The number of primary amides is 1. The van der Waals surface area contributed by atoms with E-state index in [0.29, 0.717) is 0 Å².